The van der Waals surface area contributed by atoms with Crippen LogP contribution < -0.4 is 0 Å². The van der Waals surface area contributed by atoms with E-state index in [0.717, 1.165) is 6.42 Å². The van der Waals surface area contributed by atoms with Crippen LogP contribution in [0.25, 0.3) is 0 Å². The van der Waals surface area contributed by atoms with Crippen LogP contribution in [0.4, 0.5) is 0 Å². The molecule has 2 nitrogen and oxygen atoms in total. The van der Waals surface area contributed by atoms with Crippen molar-refractivity contribution in [2.75, 3.05) is 7.11 Å². The van der Waals surface area contributed by atoms with Crippen LogP contribution in [0.3, 0.4) is 0 Å². The molecule has 1 aliphatic rings. The summed E-state index contributed by atoms with van der Waals surface area (Å²) < 4.78 is 4.95. The number of allylic oxidation sites excluding steroid dienone is 3. The maximum atomic E-state index is 9.15. The predicted octanol–water partition coefficient (Wildman–Crippen LogP) is 2.00. The summed E-state index contributed by atoms with van der Waals surface area (Å²) in [6, 6.07) is 0. The smallest absolute Gasteiger partial charge is 0.152 e. The Morgan fingerprint density at radius 2 is 2.40 bits per heavy atom. The minimum atomic E-state index is 0.264. The lowest BCUT2D eigenvalue weighted by Gasteiger charge is -2.14. The third-order valence-corrected chi connectivity index (χ3v) is 1.62. The van der Waals surface area contributed by atoms with E-state index in [1.807, 2.05) is 6.08 Å². The molecule has 2 heteroatoms. The van der Waals surface area contributed by atoms with E-state index in [2.05, 4.69) is 6.92 Å². The fraction of sp³-hybridized carbons (Fsp3) is 0.500. The van der Waals surface area contributed by atoms with Gasteiger partial charge in [0.15, 0.2) is 5.76 Å². The summed E-state index contributed by atoms with van der Waals surface area (Å²) in [6.07, 6.45) is 4.46. The Hall–Kier alpha value is -0.920. The number of aliphatic hydroxyl groups is 1. The van der Waals surface area contributed by atoms with Crippen molar-refractivity contribution in [3.8, 4) is 0 Å². The average Bonchev–Trinajstić information content (AvgIpc) is 1.94. The van der Waals surface area contributed by atoms with E-state index >= 15 is 0 Å². The molecule has 0 heterocycles. The summed E-state index contributed by atoms with van der Waals surface area (Å²) >= 11 is 0. The molecule has 1 unspecified atom stereocenters. The van der Waals surface area contributed by atoms with Gasteiger partial charge in [-0.2, -0.15) is 0 Å². The number of rotatable bonds is 1. The van der Waals surface area contributed by atoms with Crippen molar-refractivity contribution in [1.29, 1.82) is 0 Å². The SMILES string of the molecule is COC1=C(O)C=CC(C)C1. The summed E-state index contributed by atoms with van der Waals surface area (Å²) in [6.45, 7) is 2.09. The van der Waals surface area contributed by atoms with Crippen LogP contribution in [0.2, 0.25) is 0 Å². The van der Waals surface area contributed by atoms with E-state index in [-0.39, 0.29) is 5.76 Å². The Morgan fingerprint density at radius 1 is 1.70 bits per heavy atom. The molecule has 0 aromatic rings. The molecule has 0 aromatic carbocycles. The van der Waals surface area contributed by atoms with Crippen LogP contribution in [-0.4, -0.2) is 12.2 Å². The lowest BCUT2D eigenvalue weighted by Crippen LogP contribution is -2.03. The van der Waals surface area contributed by atoms with Gasteiger partial charge in [0.25, 0.3) is 0 Å². The summed E-state index contributed by atoms with van der Waals surface area (Å²) in [5.41, 5.74) is 0. The Kier molecular flexibility index (Phi) is 2.00. The fourth-order valence-corrected chi connectivity index (χ4v) is 1.00. The van der Waals surface area contributed by atoms with Gasteiger partial charge in [-0.15, -0.1) is 0 Å². The number of hydrogen-bond acceptors (Lipinski definition) is 2. The van der Waals surface area contributed by atoms with E-state index in [4.69, 9.17) is 9.84 Å². The summed E-state index contributed by atoms with van der Waals surface area (Å²) in [7, 11) is 1.58. The van der Waals surface area contributed by atoms with Crippen LogP contribution in [0, 0.1) is 5.92 Å². The first kappa shape index (κ1) is 7.19. The third-order valence-electron chi connectivity index (χ3n) is 1.62. The highest BCUT2D eigenvalue weighted by Gasteiger charge is 2.11. The molecule has 0 saturated heterocycles. The monoisotopic (exact) mass is 140 g/mol. The predicted molar refractivity (Wildman–Crippen MR) is 39.6 cm³/mol. The first-order valence-electron chi connectivity index (χ1n) is 3.38. The number of ether oxygens (including phenoxy) is 1. The van der Waals surface area contributed by atoms with Crippen molar-refractivity contribution in [3.63, 3.8) is 0 Å². The van der Waals surface area contributed by atoms with Crippen LogP contribution in [0.5, 0.6) is 0 Å². The van der Waals surface area contributed by atoms with Crippen LogP contribution >= 0.6 is 0 Å². The maximum Gasteiger partial charge on any atom is 0.152 e. The lowest BCUT2D eigenvalue weighted by atomic mass is 10.0. The normalized spacial score (nSPS) is 25.2. The Morgan fingerprint density at radius 3 is 2.90 bits per heavy atom. The van der Waals surface area contributed by atoms with Crippen molar-refractivity contribution < 1.29 is 9.84 Å². The average molecular weight is 140 g/mol. The van der Waals surface area contributed by atoms with Gasteiger partial charge in [0, 0.05) is 6.42 Å². The summed E-state index contributed by atoms with van der Waals surface area (Å²) in [4.78, 5) is 0. The minimum Gasteiger partial charge on any atom is -0.505 e. The maximum absolute atomic E-state index is 9.15. The molecule has 10 heavy (non-hydrogen) atoms. The molecule has 1 atom stereocenters. The van der Waals surface area contributed by atoms with Crippen molar-refractivity contribution >= 4 is 0 Å². The molecule has 0 amide bonds. The van der Waals surface area contributed by atoms with Crippen molar-refractivity contribution in [3.05, 3.63) is 23.7 Å². The van der Waals surface area contributed by atoms with Crippen LogP contribution in [-0.2, 0) is 4.74 Å². The standard InChI is InChI=1S/C8H12O2/c1-6-3-4-7(9)8(5-6)10-2/h3-4,6,9H,5H2,1-2H3. The second-order valence-electron chi connectivity index (χ2n) is 2.55. The Balaban J connectivity index is 2.74. The first-order chi connectivity index (χ1) is 4.74. The summed E-state index contributed by atoms with van der Waals surface area (Å²) in [5.74, 6) is 1.43. The molecule has 0 spiro atoms. The van der Waals surface area contributed by atoms with E-state index < -0.39 is 0 Å². The summed E-state index contributed by atoms with van der Waals surface area (Å²) in [5, 5.41) is 9.15. The van der Waals surface area contributed by atoms with Gasteiger partial charge in [-0.05, 0) is 12.0 Å². The zero-order valence-electron chi connectivity index (χ0n) is 6.29. The second kappa shape index (κ2) is 2.78. The quantitative estimate of drug-likeness (QED) is 0.603. The number of aliphatic hydroxyl groups excluding tert-OH is 1. The van der Waals surface area contributed by atoms with Gasteiger partial charge in [-0.25, -0.2) is 0 Å². The van der Waals surface area contributed by atoms with Gasteiger partial charge in [-0.3, -0.25) is 0 Å². The van der Waals surface area contributed by atoms with Crippen molar-refractivity contribution in [2.24, 2.45) is 5.92 Å². The highest BCUT2D eigenvalue weighted by molar-refractivity contribution is 5.20. The Bertz CT molecular complexity index is 180. The van der Waals surface area contributed by atoms with Gasteiger partial charge in [-0.1, -0.05) is 13.0 Å². The van der Waals surface area contributed by atoms with Crippen LogP contribution in [0.1, 0.15) is 13.3 Å². The zero-order chi connectivity index (χ0) is 7.56. The topological polar surface area (TPSA) is 29.5 Å². The molecule has 0 saturated carbocycles. The highest BCUT2D eigenvalue weighted by atomic mass is 16.5. The fourth-order valence-electron chi connectivity index (χ4n) is 1.00. The minimum absolute atomic E-state index is 0.264. The number of methoxy groups -OCH3 is 1. The molecule has 56 valence electrons. The largest absolute Gasteiger partial charge is 0.505 e. The Labute approximate surface area is 60.8 Å². The third kappa shape index (κ3) is 1.32. The van der Waals surface area contributed by atoms with E-state index in [0.29, 0.717) is 11.7 Å². The molecule has 0 aliphatic heterocycles. The zero-order valence-corrected chi connectivity index (χ0v) is 6.29. The van der Waals surface area contributed by atoms with Crippen molar-refractivity contribution in [2.45, 2.75) is 13.3 Å². The van der Waals surface area contributed by atoms with Gasteiger partial charge < -0.3 is 9.84 Å². The van der Waals surface area contributed by atoms with Gasteiger partial charge >= 0.3 is 0 Å². The van der Waals surface area contributed by atoms with Crippen LogP contribution in [0.15, 0.2) is 23.7 Å². The molecular formula is C8H12O2. The van der Waals surface area contributed by atoms with Crippen molar-refractivity contribution in [1.82, 2.24) is 0 Å². The molecular weight excluding hydrogens is 128 g/mol. The van der Waals surface area contributed by atoms with E-state index in [1.165, 1.54) is 0 Å². The molecule has 1 N–H and O–H groups in total. The van der Waals surface area contributed by atoms with E-state index in [1.54, 1.807) is 13.2 Å². The van der Waals surface area contributed by atoms with Gasteiger partial charge in [0.1, 0.15) is 5.76 Å². The van der Waals surface area contributed by atoms with E-state index in [9.17, 15) is 0 Å². The molecule has 1 rings (SSSR count). The molecule has 1 aliphatic carbocycles. The molecule has 0 radical (unpaired) electrons. The molecule has 0 aromatic heterocycles. The lowest BCUT2D eigenvalue weighted by molar-refractivity contribution is 0.236. The first-order valence-corrected chi connectivity index (χ1v) is 3.38. The van der Waals surface area contributed by atoms with Gasteiger partial charge in [0.2, 0.25) is 0 Å². The molecule has 0 bridgehead atoms. The highest BCUT2D eigenvalue weighted by Crippen LogP contribution is 2.21. The number of hydrogen-bond donors (Lipinski definition) is 1. The van der Waals surface area contributed by atoms with Gasteiger partial charge in [0.05, 0.1) is 7.11 Å². The molecule has 0 fully saturated rings. The second-order valence-corrected chi connectivity index (χ2v) is 2.55.